The van der Waals surface area contributed by atoms with Crippen LogP contribution in [0.5, 0.6) is 5.75 Å². The minimum absolute atomic E-state index is 0.0547. The SMILES string of the molecule is CC(Oc1cc(CN(C)C)cnc1N)c1c(Cl)ccc(F)c1Cl. The minimum Gasteiger partial charge on any atom is -0.482 e. The van der Waals surface area contributed by atoms with E-state index >= 15 is 0 Å². The molecule has 2 N–H and O–H groups in total. The summed E-state index contributed by atoms with van der Waals surface area (Å²) in [6.45, 7) is 2.42. The maximum absolute atomic E-state index is 13.7. The highest BCUT2D eigenvalue weighted by Gasteiger charge is 2.19. The summed E-state index contributed by atoms with van der Waals surface area (Å²) >= 11 is 12.1. The Morgan fingerprint density at radius 3 is 2.70 bits per heavy atom. The molecule has 124 valence electrons. The van der Waals surface area contributed by atoms with Crippen molar-refractivity contribution >= 4 is 29.0 Å². The molecule has 23 heavy (non-hydrogen) atoms. The van der Waals surface area contributed by atoms with E-state index in [0.717, 1.165) is 5.56 Å². The molecule has 0 bridgehead atoms. The molecule has 0 amide bonds. The lowest BCUT2D eigenvalue weighted by atomic mass is 10.1. The number of benzene rings is 1. The molecular formula is C16H18Cl2FN3O. The summed E-state index contributed by atoms with van der Waals surface area (Å²) in [7, 11) is 3.90. The Kier molecular flexibility index (Phi) is 5.68. The molecule has 1 heterocycles. The highest BCUT2D eigenvalue weighted by Crippen LogP contribution is 2.36. The van der Waals surface area contributed by atoms with Gasteiger partial charge < -0.3 is 15.4 Å². The Hall–Kier alpha value is -1.56. The lowest BCUT2D eigenvalue weighted by molar-refractivity contribution is 0.227. The first-order valence-electron chi connectivity index (χ1n) is 6.98. The number of nitrogen functional groups attached to an aromatic ring is 1. The number of hydrogen-bond acceptors (Lipinski definition) is 4. The zero-order valence-corrected chi connectivity index (χ0v) is 14.6. The van der Waals surface area contributed by atoms with E-state index < -0.39 is 11.9 Å². The Bertz CT molecular complexity index is 710. The molecule has 0 spiro atoms. The van der Waals surface area contributed by atoms with Gasteiger partial charge in [-0.25, -0.2) is 9.37 Å². The Morgan fingerprint density at radius 1 is 1.35 bits per heavy atom. The predicted octanol–water partition coefficient (Wildman–Crippen LogP) is 4.31. The van der Waals surface area contributed by atoms with Crippen molar-refractivity contribution in [2.75, 3.05) is 19.8 Å². The molecule has 2 aromatic rings. The van der Waals surface area contributed by atoms with Crippen molar-refractivity contribution < 1.29 is 9.13 Å². The first kappa shape index (κ1) is 17.8. The van der Waals surface area contributed by atoms with Crippen LogP contribution in [0.15, 0.2) is 24.4 Å². The van der Waals surface area contributed by atoms with E-state index in [1.165, 1.54) is 12.1 Å². The third-order valence-electron chi connectivity index (χ3n) is 3.23. The van der Waals surface area contributed by atoms with Gasteiger partial charge in [-0.1, -0.05) is 23.2 Å². The van der Waals surface area contributed by atoms with Gasteiger partial charge in [0.15, 0.2) is 11.6 Å². The van der Waals surface area contributed by atoms with Crippen molar-refractivity contribution in [3.8, 4) is 5.75 Å². The third kappa shape index (κ3) is 4.25. The molecule has 1 atom stereocenters. The molecule has 0 aliphatic heterocycles. The van der Waals surface area contributed by atoms with Gasteiger partial charge in [0.2, 0.25) is 0 Å². The zero-order valence-electron chi connectivity index (χ0n) is 13.1. The molecule has 1 unspecified atom stereocenters. The number of rotatable bonds is 5. The summed E-state index contributed by atoms with van der Waals surface area (Å²) in [5, 5.41) is 0.279. The quantitative estimate of drug-likeness (QED) is 0.810. The standard InChI is InChI=1S/C16H18Cl2FN3O/c1-9(14-11(17)4-5-12(19)15(14)18)23-13-6-10(8-22(2)3)7-21-16(13)20/h4-7,9H,8H2,1-3H3,(H2,20,21). The van der Waals surface area contributed by atoms with E-state index in [1.807, 2.05) is 19.0 Å². The molecule has 0 fully saturated rings. The van der Waals surface area contributed by atoms with Gasteiger partial charge in [0.25, 0.3) is 0 Å². The van der Waals surface area contributed by atoms with Crippen LogP contribution in [-0.2, 0) is 6.54 Å². The van der Waals surface area contributed by atoms with Crippen LogP contribution >= 0.6 is 23.2 Å². The molecule has 7 heteroatoms. The predicted molar refractivity (Wildman–Crippen MR) is 91.5 cm³/mol. The highest BCUT2D eigenvalue weighted by atomic mass is 35.5. The Labute approximate surface area is 145 Å². The van der Waals surface area contributed by atoms with E-state index in [9.17, 15) is 4.39 Å². The molecule has 1 aromatic carbocycles. The van der Waals surface area contributed by atoms with Crippen molar-refractivity contribution in [1.82, 2.24) is 9.88 Å². The van der Waals surface area contributed by atoms with Crippen LogP contribution < -0.4 is 10.5 Å². The molecule has 1 aromatic heterocycles. The van der Waals surface area contributed by atoms with E-state index in [-0.39, 0.29) is 10.8 Å². The lowest BCUT2D eigenvalue weighted by Gasteiger charge is -2.19. The highest BCUT2D eigenvalue weighted by molar-refractivity contribution is 6.36. The molecule has 0 saturated carbocycles. The number of anilines is 1. The van der Waals surface area contributed by atoms with Crippen LogP contribution in [0.1, 0.15) is 24.2 Å². The van der Waals surface area contributed by atoms with Crippen LogP contribution in [-0.4, -0.2) is 24.0 Å². The number of ether oxygens (including phenoxy) is 1. The Balaban J connectivity index is 2.30. The van der Waals surface area contributed by atoms with Gasteiger partial charge >= 0.3 is 0 Å². The van der Waals surface area contributed by atoms with E-state index in [2.05, 4.69) is 4.98 Å². The molecule has 0 saturated heterocycles. The fraction of sp³-hybridized carbons (Fsp3) is 0.312. The van der Waals surface area contributed by atoms with Crippen molar-refractivity contribution in [2.45, 2.75) is 19.6 Å². The summed E-state index contributed by atoms with van der Waals surface area (Å²) in [4.78, 5) is 6.13. The van der Waals surface area contributed by atoms with Crippen molar-refractivity contribution in [1.29, 1.82) is 0 Å². The summed E-state index contributed by atoms with van der Waals surface area (Å²) in [6, 6.07) is 4.47. The third-order valence-corrected chi connectivity index (χ3v) is 3.94. The van der Waals surface area contributed by atoms with Gasteiger partial charge in [0.05, 0.1) is 5.02 Å². The number of nitrogens with two attached hydrogens (primary N) is 1. The van der Waals surface area contributed by atoms with Gasteiger partial charge in [-0.05, 0) is 44.8 Å². The number of halogens is 3. The van der Waals surface area contributed by atoms with E-state index in [0.29, 0.717) is 22.9 Å². The van der Waals surface area contributed by atoms with E-state index in [4.69, 9.17) is 33.7 Å². The second-order valence-corrected chi connectivity index (χ2v) is 6.27. The monoisotopic (exact) mass is 357 g/mol. The molecule has 0 aliphatic rings. The van der Waals surface area contributed by atoms with Crippen LogP contribution in [0, 0.1) is 5.82 Å². The smallest absolute Gasteiger partial charge is 0.166 e. The van der Waals surface area contributed by atoms with Crippen LogP contribution in [0.25, 0.3) is 0 Å². The molecule has 0 radical (unpaired) electrons. The summed E-state index contributed by atoms with van der Waals surface area (Å²) in [5.74, 6) is 0.116. The summed E-state index contributed by atoms with van der Waals surface area (Å²) < 4.78 is 19.5. The number of nitrogens with zero attached hydrogens (tertiary/aromatic N) is 2. The molecule has 4 nitrogen and oxygen atoms in total. The normalized spacial score (nSPS) is 12.5. The van der Waals surface area contributed by atoms with Gasteiger partial charge in [-0.2, -0.15) is 0 Å². The van der Waals surface area contributed by atoms with Crippen molar-refractivity contribution in [3.05, 3.63) is 51.4 Å². The topological polar surface area (TPSA) is 51.4 Å². The fourth-order valence-corrected chi connectivity index (χ4v) is 2.88. The largest absolute Gasteiger partial charge is 0.482 e. The van der Waals surface area contributed by atoms with Gasteiger partial charge in [-0.15, -0.1) is 0 Å². The Morgan fingerprint density at radius 2 is 2.04 bits per heavy atom. The van der Waals surface area contributed by atoms with Crippen molar-refractivity contribution in [3.63, 3.8) is 0 Å². The number of hydrogen-bond donors (Lipinski definition) is 1. The summed E-state index contributed by atoms with van der Waals surface area (Å²) in [5.41, 5.74) is 7.19. The molecular weight excluding hydrogens is 340 g/mol. The lowest BCUT2D eigenvalue weighted by Crippen LogP contribution is -2.12. The summed E-state index contributed by atoms with van der Waals surface area (Å²) in [6.07, 6.45) is 1.11. The second-order valence-electron chi connectivity index (χ2n) is 5.48. The van der Waals surface area contributed by atoms with Gasteiger partial charge in [0, 0.05) is 23.3 Å². The van der Waals surface area contributed by atoms with Crippen LogP contribution in [0.4, 0.5) is 10.2 Å². The van der Waals surface area contributed by atoms with Crippen molar-refractivity contribution in [2.24, 2.45) is 0 Å². The number of aromatic nitrogens is 1. The molecule has 2 rings (SSSR count). The van der Waals surface area contributed by atoms with Crippen LogP contribution in [0.3, 0.4) is 0 Å². The maximum Gasteiger partial charge on any atom is 0.166 e. The molecule has 0 aliphatic carbocycles. The van der Waals surface area contributed by atoms with Gasteiger partial charge in [-0.3, -0.25) is 0 Å². The average Bonchev–Trinajstić information content (AvgIpc) is 2.46. The van der Waals surface area contributed by atoms with Gasteiger partial charge in [0.1, 0.15) is 11.9 Å². The first-order chi connectivity index (χ1) is 10.8. The minimum atomic E-state index is -0.579. The fourth-order valence-electron chi connectivity index (χ4n) is 2.21. The second kappa shape index (κ2) is 7.34. The first-order valence-corrected chi connectivity index (χ1v) is 7.74. The maximum atomic E-state index is 13.7. The zero-order chi connectivity index (χ0) is 17.1. The number of pyridine rings is 1. The van der Waals surface area contributed by atoms with E-state index in [1.54, 1.807) is 19.2 Å². The van der Waals surface area contributed by atoms with Crippen LogP contribution in [0.2, 0.25) is 10.0 Å². The average molecular weight is 358 g/mol.